The van der Waals surface area contributed by atoms with Gasteiger partial charge in [-0.3, -0.25) is 0 Å². The van der Waals surface area contributed by atoms with Crippen molar-refractivity contribution >= 4 is 21.6 Å². The summed E-state index contributed by atoms with van der Waals surface area (Å²) in [4.78, 5) is -0.00640. The van der Waals surface area contributed by atoms with Gasteiger partial charge >= 0.3 is 0 Å². The van der Waals surface area contributed by atoms with Crippen LogP contribution in [0.5, 0.6) is 5.75 Å². The summed E-state index contributed by atoms with van der Waals surface area (Å²) in [6.07, 6.45) is 0.441. The maximum Gasteiger partial charge on any atom is 0.209 e. The molecule has 0 radical (unpaired) electrons. The molecule has 0 aliphatic carbocycles. The van der Waals surface area contributed by atoms with Crippen LogP contribution in [0.1, 0.15) is 25.8 Å². The summed E-state index contributed by atoms with van der Waals surface area (Å²) in [6.45, 7) is 6.22. The first kappa shape index (κ1) is 17.7. The van der Waals surface area contributed by atoms with Crippen molar-refractivity contribution < 1.29 is 13.5 Å². The van der Waals surface area contributed by atoms with E-state index in [1.54, 1.807) is 23.7 Å². The lowest BCUT2D eigenvalue weighted by Crippen LogP contribution is -2.12. The normalized spacial score (nSPS) is 13.2. The van der Waals surface area contributed by atoms with E-state index >= 15 is 0 Å². The summed E-state index contributed by atoms with van der Waals surface area (Å²) in [5.74, 6) is -0.200. The molecule has 0 aliphatic rings. The largest absolute Gasteiger partial charge is 0.506 e. The van der Waals surface area contributed by atoms with E-state index in [1.165, 1.54) is 17.8 Å². The Hall–Kier alpha value is -1.61. The number of para-hydroxylation sites is 1. The van der Waals surface area contributed by atoms with Gasteiger partial charge in [0.15, 0.2) is 9.84 Å². The molecule has 1 aromatic carbocycles. The van der Waals surface area contributed by atoms with Crippen LogP contribution < -0.4 is 0 Å². The molecular formula is C14H20N4O3S2. The van der Waals surface area contributed by atoms with E-state index in [0.29, 0.717) is 23.7 Å². The molecule has 1 atom stereocenters. The SMILES string of the molecule is CCn1nnnc1SC(C)CCS(=O)(=O)c1cccc(C)c1O. The highest BCUT2D eigenvalue weighted by atomic mass is 32.2. The van der Waals surface area contributed by atoms with Crippen molar-refractivity contribution in [1.82, 2.24) is 20.2 Å². The van der Waals surface area contributed by atoms with Crippen molar-refractivity contribution in [3.8, 4) is 5.75 Å². The van der Waals surface area contributed by atoms with Crippen LogP contribution in [0.3, 0.4) is 0 Å². The van der Waals surface area contributed by atoms with E-state index in [9.17, 15) is 13.5 Å². The van der Waals surface area contributed by atoms with E-state index in [0.717, 1.165) is 0 Å². The number of hydrogen-bond acceptors (Lipinski definition) is 7. The topological polar surface area (TPSA) is 98.0 Å². The molecule has 1 unspecified atom stereocenters. The number of thioether (sulfide) groups is 1. The quantitative estimate of drug-likeness (QED) is 0.758. The molecule has 0 saturated carbocycles. The molecule has 1 aromatic heterocycles. The van der Waals surface area contributed by atoms with Gasteiger partial charge in [0, 0.05) is 11.8 Å². The third-order valence-electron chi connectivity index (χ3n) is 3.43. The van der Waals surface area contributed by atoms with Gasteiger partial charge in [-0.05, 0) is 42.3 Å². The van der Waals surface area contributed by atoms with Crippen molar-refractivity contribution in [2.24, 2.45) is 0 Å². The van der Waals surface area contributed by atoms with Gasteiger partial charge in [-0.2, -0.15) is 0 Å². The van der Waals surface area contributed by atoms with E-state index < -0.39 is 9.84 Å². The molecule has 7 nitrogen and oxygen atoms in total. The lowest BCUT2D eigenvalue weighted by atomic mass is 10.2. The van der Waals surface area contributed by atoms with Gasteiger partial charge in [0.05, 0.1) is 5.75 Å². The zero-order valence-corrected chi connectivity index (χ0v) is 14.9. The highest BCUT2D eigenvalue weighted by Crippen LogP contribution is 2.29. The lowest BCUT2D eigenvalue weighted by molar-refractivity contribution is 0.454. The van der Waals surface area contributed by atoms with E-state index in [4.69, 9.17) is 0 Å². The maximum absolute atomic E-state index is 12.4. The number of benzene rings is 1. The highest BCUT2D eigenvalue weighted by Gasteiger charge is 2.21. The molecule has 0 fully saturated rings. The Labute approximate surface area is 140 Å². The first-order chi connectivity index (χ1) is 10.8. The third kappa shape index (κ3) is 4.23. The lowest BCUT2D eigenvalue weighted by Gasteiger charge is -2.12. The zero-order valence-electron chi connectivity index (χ0n) is 13.3. The average Bonchev–Trinajstić information content (AvgIpc) is 2.95. The van der Waals surface area contributed by atoms with Crippen molar-refractivity contribution in [3.63, 3.8) is 0 Å². The minimum atomic E-state index is -3.52. The number of tetrazole rings is 1. The fraction of sp³-hybridized carbons (Fsp3) is 0.500. The van der Waals surface area contributed by atoms with Gasteiger partial charge in [-0.1, -0.05) is 30.8 Å². The van der Waals surface area contributed by atoms with Crippen molar-refractivity contribution in [1.29, 1.82) is 0 Å². The number of hydrogen-bond donors (Lipinski definition) is 1. The summed E-state index contributed by atoms with van der Waals surface area (Å²) < 4.78 is 26.5. The maximum atomic E-state index is 12.4. The van der Waals surface area contributed by atoms with Crippen LogP contribution in [-0.2, 0) is 16.4 Å². The second-order valence-electron chi connectivity index (χ2n) is 5.23. The second-order valence-corrected chi connectivity index (χ2v) is 8.72. The fourth-order valence-corrected chi connectivity index (χ4v) is 4.77. The number of aromatic nitrogens is 4. The fourth-order valence-electron chi connectivity index (χ4n) is 2.03. The second kappa shape index (κ2) is 7.31. The van der Waals surface area contributed by atoms with Crippen LogP contribution >= 0.6 is 11.8 Å². The predicted octanol–water partition coefficient (Wildman–Crippen LogP) is 2.05. The van der Waals surface area contributed by atoms with Crippen LogP contribution in [0.4, 0.5) is 0 Å². The number of aryl methyl sites for hydroxylation is 2. The van der Waals surface area contributed by atoms with Gasteiger partial charge in [-0.25, -0.2) is 13.1 Å². The van der Waals surface area contributed by atoms with Crippen molar-refractivity contribution in [3.05, 3.63) is 23.8 Å². The molecule has 0 saturated heterocycles. The zero-order chi connectivity index (χ0) is 17.0. The Morgan fingerprint density at radius 1 is 1.39 bits per heavy atom. The molecule has 0 spiro atoms. The van der Waals surface area contributed by atoms with Gasteiger partial charge in [0.2, 0.25) is 5.16 Å². The monoisotopic (exact) mass is 356 g/mol. The van der Waals surface area contributed by atoms with Crippen molar-refractivity contribution in [2.45, 2.75) is 49.0 Å². The predicted molar refractivity (Wildman–Crippen MR) is 88.3 cm³/mol. The Morgan fingerprint density at radius 2 is 2.13 bits per heavy atom. The summed E-state index contributed by atoms with van der Waals surface area (Å²) in [5.41, 5.74) is 0.552. The molecule has 126 valence electrons. The Balaban J connectivity index is 2.03. The first-order valence-corrected chi connectivity index (χ1v) is 9.82. The smallest absolute Gasteiger partial charge is 0.209 e. The number of phenolic OH excluding ortho intramolecular Hbond substituents is 1. The standard InChI is InChI=1S/C14H20N4O3S2/c1-4-18-14(15-16-17-18)22-11(3)8-9-23(20,21)12-7-5-6-10(2)13(12)19/h5-7,11,19H,4,8-9H2,1-3H3. The summed E-state index contributed by atoms with van der Waals surface area (Å²) >= 11 is 1.44. The van der Waals surface area contributed by atoms with Gasteiger partial charge in [-0.15, -0.1) is 5.10 Å². The molecule has 23 heavy (non-hydrogen) atoms. The number of nitrogens with zero attached hydrogens (tertiary/aromatic N) is 4. The number of sulfone groups is 1. The molecule has 0 amide bonds. The van der Waals surface area contributed by atoms with Crippen LogP contribution in [0, 0.1) is 6.92 Å². The summed E-state index contributed by atoms with van der Waals surface area (Å²) in [6, 6.07) is 4.75. The molecule has 0 bridgehead atoms. The minimum Gasteiger partial charge on any atom is -0.506 e. The number of aromatic hydroxyl groups is 1. The molecule has 0 aliphatic heterocycles. The highest BCUT2D eigenvalue weighted by molar-refractivity contribution is 7.99. The summed E-state index contributed by atoms with van der Waals surface area (Å²) in [7, 11) is -3.52. The van der Waals surface area contributed by atoms with Gasteiger partial charge < -0.3 is 5.11 Å². The van der Waals surface area contributed by atoms with E-state index in [1.807, 2.05) is 13.8 Å². The molecule has 2 rings (SSSR count). The Bertz CT molecular complexity index is 774. The molecular weight excluding hydrogens is 336 g/mol. The molecule has 9 heteroatoms. The van der Waals surface area contributed by atoms with E-state index in [2.05, 4.69) is 15.5 Å². The average molecular weight is 356 g/mol. The minimum absolute atomic E-state index is 0.00640. The Kier molecular flexibility index (Phi) is 5.64. The molecule has 1 heterocycles. The first-order valence-electron chi connectivity index (χ1n) is 7.29. The summed E-state index contributed by atoms with van der Waals surface area (Å²) in [5, 5.41) is 22.1. The van der Waals surface area contributed by atoms with Crippen LogP contribution in [0.25, 0.3) is 0 Å². The number of rotatable bonds is 7. The third-order valence-corrected chi connectivity index (χ3v) is 6.35. The van der Waals surface area contributed by atoms with Gasteiger partial charge in [0.25, 0.3) is 0 Å². The van der Waals surface area contributed by atoms with Gasteiger partial charge in [0.1, 0.15) is 10.6 Å². The van der Waals surface area contributed by atoms with Crippen LogP contribution in [0.2, 0.25) is 0 Å². The van der Waals surface area contributed by atoms with Crippen LogP contribution in [-0.4, -0.2) is 44.7 Å². The van der Waals surface area contributed by atoms with Crippen LogP contribution in [0.15, 0.2) is 28.3 Å². The number of phenols is 1. The molecule has 2 aromatic rings. The Morgan fingerprint density at radius 3 is 2.83 bits per heavy atom. The van der Waals surface area contributed by atoms with Crippen molar-refractivity contribution in [2.75, 3.05) is 5.75 Å². The molecule has 1 N–H and O–H groups in total. The van der Waals surface area contributed by atoms with E-state index in [-0.39, 0.29) is 21.6 Å².